The molecule has 0 aliphatic carbocycles. The van der Waals surface area contributed by atoms with Gasteiger partial charge in [0.05, 0.1) is 0 Å². The van der Waals surface area contributed by atoms with Gasteiger partial charge in [0.2, 0.25) is 0 Å². The predicted molar refractivity (Wildman–Crippen MR) is 76.6 cm³/mol. The standard InChI is InChI=1S/2C3H10OSi.2C2H6O.Ti/c2*1-5(2,3)4;2*1-2-3;/h2*4H,1-3H3;2*3H,2H2,1H3;. The van der Waals surface area contributed by atoms with E-state index in [9.17, 15) is 0 Å². The quantitative estimate of drug-likeness (QED) is 0.511. The molecule has 0 rings (SSSR count). The minimum absolute atomic E-state index is 0. The van der Waals surface area contributed by atoms with Crippen molar-refractivity contribution < 1.29 is 41.5 Å². The molecule has 0 heterocycles. The molecule has 4 nitrogen and oxygen atoms in total. The fourth-order valence-electron chi connectivity index (χ4n) is 0. The maximum Gasteiger partial charge on any atom is 0.179 e. The van der Waals surface area contributed by atoms with Crippen molar-refractivity contribution in [1.82, 2.24) is 0 Å². The van der Waals surface area contributed by atoms with Crippen molar-refractivity contribution in [3.8, 4) is 0 Å². The van der Waals surface area contributed by atoms with Gasteiger partial charge in [-0.05, 0) is 53.1 Å². The summed E-state index contributed by atoms with van der Waals surface area (Å²) in [6.45, 7) is 15.2. The molecule has 0 saturated carbocycles. The molecule has 0 unspecified atom stereocenters. The van der Waals surface area contributed by atoms with Crippen molar-refractivity contribution in [3.63, 3.8) is 0 Å². The van der Waals surface area contributed by atoms with Gasteiger partial charge in [-0.3, -0.25) is 0 Å². The van der Waals surface area contributed by atoms with Crippen molar-refractivity contribution in [2.24, 2.45) is 0 Å². The van der Waals surface area contributed by atoms with E-state index in [0.29, 0.717) is 0 Å². The molecule has 0 saturated heterocycles. The molecule has 0 bridgehead atoms. The first-order valence-corrected chi connectivity index (χ1v) is 12.4. The average Bonchev–Trinajstić information content (AvgIpc) is 1.79. The summed E-state index contributed by atoms with van der Waals surface area (Å²) in [7, 11) is -3.22. The van der Waals surface area contributed by atoms with Gasteiger partial charge in [0.25, 0.3) is 0 Å². The molecule has 0 fully saturated rings. The Bertz CT molecular complexity index is 87.9. The molecule has 0 aliphatic rings. The second-order valence-corrected chi connectivity index (χ2v) is 13.7. The van der Waals surface area contributed by atoms with Gasteiger partial charge in [-0.25, -0.2) is 0 Å². The molecule has 0 aromatic rings. The fraction of sp³-hybridized carbons (Fsp3) is 1.00. The molecule has 0 aliphatic heterocycles. The van der Waals surface area contributed by atoms with Crippen molar-refractivity contribution in [2.75, 3.05) is 13.2 Å². The van der Waals surface area contributed by atoms with Crippen LogP contribution in [0.15, 0.2) is 0 Å². The van der Waals surface area contributed by atoms with E-state index >= 15 is 0 Å². The van der Waals surface area contributed by atoms with Gasteiger partial charge in [-0.15, -0.1) is 0 Å². The second kappa shape index (κ2) is 19.3. The van der Waals surface area contributed by atoms with Crippen LogP contribution >= 0.6 is 0 Å². The van der Waals surface area contributed by atoms with Crippen LogP contribution in [0, 0.1) is 0 Å². The van der Waals surface area contributed by atoms with Crippen LogP contribution in [0.1, 0.15) is 13.8 Å². The van der Waals surface area contributed by atoms with E-state index in [0.717, 1.165) is 0 Å². The van der Waals surface area contributed by atoms with Crippen molar-refractivity contribution in [1.29, 1.82) is 0 Å². The van der Waals surface area contributed by atoms with Crippen LogP contribution in [0.4, 0.5) is 0 Å². The number of aliphatic hydroxyl groups is 2. The number of hydrogen-bond acceptors (Lipinski definition) is 4. The Labute approximate surface area is 124 Å². The molecular formula is C10H32O4Si2Ti. The topological polar surface area (TPSA) is 80.9 Å². The molecular weight excluding hydrogens is 288 g/mol. The van der Waals surface area contributed by atoms with Gasteiger partial charge < -0.3 is 19.8 Å². The monoisotopic (exact) mass is 320 g/mol. The van der Waals surface area contributed by atoms with Gasteiger partial charge in [-0.1, -0.05) is 0 Å². The van der Waals surface area contributed by atoms with E-state index in [4.69, 9.17) is 19.8 Å². The maximum absolute atomic E-state index is 8.66. The fourth-order valence-corrected chi connectivity index (χ4v) is 0. The van der Waals surface area contributed by atoms with Crippen LogP contribution in [-0.2, 0) is 21.7 Å². The van der Waals surface area contributed by atoms with Crippen molar-refractivity contribution in [2.45, 2.75) is 53.1 Å². The summed E-state index contributed by atoms with van der Waals surface area (Å²) in [5.41, 5.74) is 0. The summed E-state index contributed by atoms with van der Waals surface area (Å²) in [6.07, 6.45) is 0. The minimum Gasteiger partial charge on any atom is -0.433 e. The summed E-state index contributed by atoms with van der Waals surface area (Å²) in [6, 6.07) is 0. The Balaban J connectivity index is -0.0000000381. The van der Waals surface area contributed by atoms with Crippen LogP contribution in [0.2, 0.25) is 39.3 Å². The summed E-state index contributed by atoms with van der Waals surface area (Å²) >= 11 is 0. The zero-order valence-corrected chi connectivity index (χ0v) is 16.3. The second-order valence-electron chi connectivity index (χ2n) is 4.97. The molecule has 17 heavy (non-hydrogen) atoms. The van der Waals surface area contributed by atoms with Gasteiger partial charge in [0.1, 0.15) is 0 Å². The predicted octanol–water partition coefficient (Wildman–Crippen LogP) is 1.62. The minimum atomic E-state index is -1.61. The van der Waals surface area contributed by atoms with E-state index in [1.165, 1.54) is 0 Å². The van der Waals surface area contributed by atoms with Crippen LogP contribution < -0.4 is 0 Å². The summed E-state index contributed by atoms with van der Waals surface area (Å²) in [5, 5.41) is 15.1. The molecule has 0 aromatic carbocycles. The zero-order chi connectivity index (χ0) is 14.4. The third-order valence-electron chi connectivity index (χ3n) is 0. The Morgan fingerprint density at radius 3 is 0.647 bits per heavy atom. The van der Waals surface area contributed by atoms with Crippen LogP contribution in [0.25, 0.3) is 0 Å². The maximum atomic E-state index is 8.66. The molecule has 4 N–H and O–H groups in total. The third-order valence-corrected chi connectivity index (χ3v) is 0. The van der Waals surface area contributed by atoms with Gasteiger partial charge >= 0.3 is 0 Å². The van der Waals surface area contributed by atoms with E-state index in [2.05, 4.69) is 0 Å². The van der Waals surface area contributed by atoms with E-state index in [-0.39, 0.29) is 34.9 Å². The Kier molecular flexibility index (Phi) is 35.0. The SMILES string of the molecule is CCO.CCO.C[Si](C)(C)O.C[Si](C)(C)O.[Ti]. The smallest absolute Gasteiger partial charge is 0.179 e. The number of aliphatic hydroxyl groups excluding tert-OH is 2. The third kappa shape index (κ3) is 3910. The molecule has 7 heteroatoms. The first-order chi connectivity index (χ1) is 6.83. The van der Waals surface area contributed by atoms with E-state index < -0.39 is 16.6 Å². The van der Waals surface area contributed by atoms with Crippen molar-refractivity contribution >= 4 is 16.6 Å². The first-order valence-electron chi connectivity index (χ1n) is 5.49. The van der Waals surface area contributed by atoms with Crippen LogP contribution in [-0.4, -0.2) is 49.7 Å². The number of rotatable bonds is 0. The summed E-state index contributed by atoms with van der Waals surface area (Å²) < 4.78 is 0. The molecule has 0 aromatic heterocycles. The molecule has 0 radical (unpaired) electrons. The van der Waals surface area contributed by atoms with Crippen LogP contribution in [0.5, 0.6) is 0 Å². The van der Waals surface area contributed by atoms with Gasteiger partial charge in [-0.2, -0.15) is 0 Å². The van der Waals surface area contributed by atoms with Crippen molar-refractivity contribution in [3.05, 3.63) is 0 Å². The van der Waals surface area contributed by atoms with Gasteiger partial charge in [0.15, 0.2) is 16.6 Å². The molecule has 0 atom stereocenters. The normalized spacial score (nSPS) is 9.18. The molecule has 0 spiro atoms. The van der Waals surface area contributed by atoms with Crippen LogP contribution in [0.3, 0.4) is 0 Å². The zero-order valence-electron chi connectivity index (χ0n) is 12.7. The van der Waals surface area contributed by atoms with Gasteiger partial charge in [0, 0.05) is 34.9 Å². The Morgan fingerprint density at radius 1 is 0.647 bits per heavy atom. The summed E-state index contributed by atoms with van der Waals surface area (Å²) in [5.74, 6) is 0. The summed E-state index contributed by atoms with van der Waals surface area (Å²) in [4.78, 5) is 17.3. The first kappa shape index (κ1) is 30.8. The Hall–Kier alpha value is 0.988. The largest absolute Gasteiger partial charge is 0.433 e. The van der Waals surface area contributed by atoms with E-state index in [1.807, 2.05) is 39.3 Å². The Morgan fingerprint density at radius 2 is 0.647 bits per heavy atom. The number of hydrogen-bond donors (Lipinski definition) is 4. The molecule has 108 valence electrons. The van der Waals surface area contributed by atoms with E-state index in [1.54, 1.807) is 13.8 Å². The average molecular weight is 320 g/mol. The molecule has 0 amide bonds.